The number of aromatic nitrogens is 1. The number of rotatable bonds is 2. The SMILES string of the molecule is O=CNC1CCc2[nH]c3ccccc3c21. The summed E-state index contributed by atoms with van der Waals surface area (Å²) < 4.78 is 0. The Labute approximate surface area is 87.5 Å². The summed E-state index contributed by atoms with van der Waals surface area (Å²) in [5.41, 5.74) is 3.72. The van der Waals surface area contributed by atoms with Crippen LogP contribution >= 0.6 is 0 Å². The minimum Gasteiger partial charge on any atom is -0.358 e. The number of carbonyl (C=O) groups is 1. The van der Waals surface area contributed by atoms with E-state index in [1.807, 2.05) is 12.1 Å². The van der Waals surface area contributed by atoms with Crippen LogP contribution in [0.5, 0.6) is 0 Å². The molecule has 1 aromatic heterocycles. The first-order valence-electron chi connectivity index (χ1n) is 5.19. The Morgan fingerprint density at radius 3 is 3.13 bits per heavy atom. The Bertz CT molecular complexity index is 515. The fourth-order valence-electron chi connectivity index (χ4n) is 2.50. The molecule has 1 unspecified atom stereocenters. The normalized spacial score (nSPS) is 19.1. The summed E-state index contributed by atoms with van der Waals surface area (Å²) in [5.74, 6) is 0. The van der Waals surface area contributed by atoms with E-state index < -0.39 is 0 Å². The van der Waals surface area contributed by atoms with Crippen molar-refractivity contribution in [3.63, 3.8) is 0 Å². The highest BCUT2D eigenvalue weighted by Gasteiger charge is 2.25. The minimum absolute atomic E-state index is 0.189. The highest BCUT2D eigenvalue weighted by molar-refractivity contribution is 5.86. The molecule has 0 radical (unpaired) electrons. The molecule has 1 amide bonds. The minimum atomic E-state index is 0.189. The maximum atomic E-state index is 10.5. The molecule has 15 heavy (non-hydrogen) atoms. The Morgan fingerprint density at radius 2 is 2.27 bits per heavy atom. The van der Waals surface area contributed by atoms with E-state index in [9.17, 15) is 4.79 Å². The van der Waals surface area contributed by atoms with Gasteiger partial charge in [-0.15, -0.1) is 0 Å². The van der Waals surface area contributed by atoms with Gasteiger partial charge in [-0.3, -0.25) is 4.79 Å². The smallest absolute Gasteiger partial charge is 0.207 e. The summed E-state index contributed by atoms with van der Waals surface area (Å²) in [6, 6.07) is 8.43. The molecule has 2 N–H and O–H groups in total. The van der Waals surface area contributed by atoms with Gasteiger partial charge in [0, 0.05) is 22.2 Å². The van der Waals surface area contributed by atoms with Crippen LogP contribution in [0.2, 0.25) is 0 Å². The highest BCUT2D eigenvalue weighted by Crippen LogP contribution is 2.36. The van der Waals surface area contributed by atoms with Gasteiger partial charge in [0.2, 0.25) is 6.41 Å². The number of fused-ring (bicyclic) bond motifs is 3. The zero-order valence-corrected chi connectivity index (χ0v) is 8.29. The molecule has 0 bridgehead atoms. The fourth-order valence-corrected chi connectivity index (χ4v) is 2.50. The van der Waals surface area contributed by atoms with E-state index >= 15 is 0 Å². The van der Waals surface area contributed by atoms with Crippen molar-refractivity contribution in [2.24, 2.45) is 0 Å². The third-order valence-electron chi connectivity index (χ3n) is 3.13. The molecule has 1 heterocycles. The van der Waals surface area contributed by atoms with Crippen LogP contribution in [0.1, 0.15) is 23.7 Å². The maximum Gasteiger partial charge on any atom is 0.207 e. The summed E-state index contributed by atoms with van der Waals surface area (Å²) in [6.07, 6.45) is 2.82. The number of carbonyl (C=O) groups excluding carboxylic acids is 1. The first-order chi connectivity index (χ1) is 7.40. The van der Waals surface area contributed by atoms with E-state index in [4.69, 9.17) is 0 Å². The molecule has 1 atom stereocenters. The molecule has 76 valence electrons. The number of benzene rings is 1. The van der Waals surface area contributed by atoms with Gasteiger partial charge in [0.1, 0.15) is 0 Å². The summed E-state index contributed by atoms with van der Waals surface area (Å²) in [5, 5.41) is 4.12. The van der Waals surface area contributed by atoms with Gasteiger partial charge in [0.25, 0.3) is 0 Å². The number of aryl methyl sites for hydroxylation is 1. The quantitative estimate of drug-likeness (QED) is 0.714. The van der Waals surface area contributed by atoms with Gasteiger partial charge in [0.05, 0.1) is 6.04 Å². The van der Waals surface area contributed by atoms with Crippen molar-refractivity contribution in [3.05, 3.63) is 35.5 Å². The lowest BCUT2D eigenvalue weighted by atomic mass is 10.1. The van der Waals surface area contributed by atoms with Gasteiger partial charge >= 0.3 is 0 Å². The van der Waals surface area contributed by atoms with E-state index in [0.29, 0.717) is 0 Å². The van der Waals surface area contributed by atoms with Crippen LogP contribution in [0.3, 0.4) is 0 Å². The highest BCUT2D eigenvalue weighted by atomic mass is 16.1. The summed E-state index contributed by atoms with van der Waals surface area (Å²) in [6.45, 7) is 0. The molecule has 2 aromatic rings. The molecule has 3 nitrogen and oxygen atoms in total. The fraction of sp³-hybridized carbons (Fsp3) is 0.250. The van der Waals surface area contributed by atoms with Crippen LogP contribution in [0.25, 0.3) is 10.9 Å². The molecule has 0 aliphatic heterocycles. The van der Waals surface area contributed by atoms with Crippen molar-refractivity contribution >= 4 is 17.3 Å². The van der Waals surface area contributed by atoms with Crippen molar-refractivity contribution in [2.75, 3.05) is 0 Å². The first kappa shape index (κ1) is 8.53. The van der Waals surface area contributed by atoms with Crippen molar-refractivity contribution < 1.29 is 4.79 Å². The third-order valence-corrected chi connectivity index (χ3v) is 3.13. The standard InChI is InChI=1S/C12H12N2O/c15-7-13-10-5-6-11-12(10)8-3-1-2-4-9(8)14-11/h1-4,7,10,14H,5-6H2,(H,13,15). The monoisotopic (exact) mass is 200 g/mol. The van der Waals surface area contributed by atoms with Gasteiger partial charge in [-0.1, -0.05) is 18.2 Å². The molecule has 1 aromatic carbocycles. The lowest BCUT2D eigenvalue weighted by Crippen LogP contribution is -2.16. The van der Waals surface area contributed by atoms with Gasteiger partial charge in [-0.25, -0.2) is 0 Å². The number of para-hydroxylation sites is 1. The van der Waals surface area contributed by atoms with Crippen molar-refractivity contribution in [3.8, 4) is 0 Å². The zero-order chi connectivity index (χ0) is 10.3. The van der Waals surface area contributed by atoms with Crippen LogP contribution in [0.15, 0.2) is 24.3 Å². The Kier molecular flexibility index (Phi) is 1.78. The van der Waals surface area contributed by atoms with Gasteiger partial charge in [-0.2, -0.15) is 0 Å². The van der Waals surface area contributed by atoms with E-state index in [-0.39, 0.29) is 6.04 Å². The van der Waals surface area contributed by atoms with Crippen LogP contribution in [0, 0.1) is 0 Å². The molecular formula is C12H12N2O. The molecular weight excluding hydrogens is 188 g/mol. The van der Waals surface area contributed by atoms with E-state index in [1.54, 1.807) is 0 Å². The Hall–Kier alpha value is -1.77. The largest absolute Gasteiger partial charge is 0.358 e. The first-order valence-corrected chi connectivity index (χ1v) is 5.19. The van der Waals surface area contributed by atoms with E-state index in [0.717, 1.165) is 19.3 Å². The van der Waals surface area contributed by atoms with Crippen molar-refractivity contribution in [1.29, 1.82) is 0 Å². The molecule has 0 spiro atoms. The number of amides is 1. The lowest BCUT2D eigenvalue weighted by molar-refractivity contribution is -0.110. The second-order valence-electron chi connectivity index (χ2n) is 3.94. The second kappa shape index (κ2) is 3.12. The number of H-pyrrole nitrogens is 1. The topological polar surface area (TPSA) is 44.9 Å². The molecule has 0 fully saturated rings. The number of hydrogen-bond donors (Lipinski definition) is 2. The Morgan fingerprint density at radius 1 is 1.40 bits per heavy atom. The van der Waals surface area contributed by atoms with Gasteiger partial charge < -0.3 is 10.3 Å². The Balaban J connectivity index is 2.20. The van der Waals surface area contributed by atoms with Crippen molar-refractivity contribution in [2.45, 2.75) is 18.9 Å². The van der Waals surface area contributed by atoms with Crippen molar-refractivity contribution in [1.82, 2.24) is 10.3 Å². The molecule has 1 aliphatic rings. The van der Waals surface area contributed by atoms with Crippen LogP contribution in [0.4, 0.5) is 0 Å². The summed E-state index contributed by atoms with van der Waals surface area (Å²) >= 11 is 0. The molecule has 0 saturated heterocycles. The number of hydrogen-bond acceptors (Lipinski definition) is 1. The lowest BCUT2D eigenvalue weighted by Gasteiger charge is -2.08. The molecule has 3 rings (SSSR count). The predicted octanol–water partition coefficient (Wildman–Crippen LogP) is 1.90. The van der Waals surface area contributed by atoms with Gasteiger partial charge in [0.15, 0.2) is 0 Å². The molecule has 1 aliphatic carbocycles. The number of aromatic amines is 1. The van der Waals surface area contributed by atoms with Crippen LogP contribution in [-0.4, -0.2) is 11.4 Å². The average Bonchev–Trinajstić information content (AvgIpc) is 2.78. The second-order valence-corrected chi connectivity index (χ2v) is 3.94. The summed E-state index contributed by atoms with van der Waals surface area (Å²) in [7, 11) is 0. The third kappa shape index (κ3) is 1.16. The van der Waals surface area contributed by atoms with Gasteiger partial charge in [-0.05, 0) is 18.9 Å². The van der Waals surface area contributed by atoms with E-state index in [2.05, 4.69) is 22.4 Å². The maximum absolute atomic E-state index is 10.5. The van der Waals surface area contributed by atoms with E-state index in [1.165, 1.54) is 22.2 Å². The molecule has 0 saturated carbocycles. The summed E-state index contributed by atoms with van der Waals surface area (Å²) in [4.78, 5) is 13.9. The number of nitrogens with one attached hydrogen (secondary N) is 2. The van der Waals surface area contributed by atoms with Crippen LogP contribution in [-0.2, 0) is 11.2 Å². The zero-order valence-electron chi connectivity index (χ0n) is 8.29. The van der Waals surface area contributed by atoms with Crippen LogP contribution < -0.4 is 5.32 Å². The predicted molar refractivity (Wildman–Crippen MR) is 58.6 cm³/mol. The average molecular weight is 200 g/mol. The molecule has 3 heteroatoms.